The number of hydrogen-bond acceptors (Lipinski definition) is 4. The van der Waals surface area contributed by atoms with Crippen LogP contribution in [0.15, 0.2) is 59.4 Å². The molecular weight excluding hydrogens is 332 g/mol. The van der Waals surface area contributed by atoms with E-state index in [1.54, 1.807) is 22.9 Å². The van der Waals surface area contributed by atoms with Gasteiger partial charge in [0.15, 0.2) is 0 Å². The van der Waals surface area contributed by atoms with Gasteiger partial charge in [-0.2, -0.15) is 0 Å². The van der Waals surface area contributed by atoms with Crippen LogP contribution in [0.25, 0.3) is 5.69 Å². The third-order valence-corrected chi connectivity index (χ3v) is 4.30. The van der Waals surface area contributed by atoms with Crippen LogP contribution < -0.4 is 20.5 Å². The fraction of sp³-hybridized carbons (Fsp3) is 0.158. The quantitative estimate of drug-likeness (QED) is 0.759. The number of nitrogens with zero attached hydrogens (tertiary/aromatic N) is 2. The minimum Gasteiger partial charge on any atom is -0.490 e. The molecule has 0 fully saturated rings. The first-order valence-corrected chi connectivity index (χ1v) is 8.28. The average molecular weight is 350 g/mol. The molecule has 0 atom stereocenters. The molecule has 132 valence electrons. The van der Waals surface area contributed by atoms with Gasteiger partial charge in [-0.1, -0.05) is 18.2 Å². The summed E-state index contributed by atoms with van der Waals surface area (Å²) in [6.45, 7) is 1.39. The summed E-state index contributed by atoms with van der Waals surface area (Å²) in [6.07, 6.45) is 0. The van der Waals surface area contributed by atoms with Crippen molar-refractivity contribution >= 4 is 17.4 Å². The topological polar surface area (TPSA) is 79.4 Å². The molecule has 1 amide bonds. The summed E-state index contributed by atoms with van der Waals surface area (Å²) in [4.78, 5) is 26.5. The SMILES string of the molecule is CN1CCOc2ccc(C(=O)Nc3cc(=O)[nH]n3-c3ccccc3)cc21. The molecule has 26 heavy (non-hydrogen) atoms. The Morgan fingerprint density at radius 1 is 1.15 bits per heavy atom. The summed E-state index contributed by atoms with van der Waals surface area (Å²) >= 11 is 0. The number of hydrogen-bond donors (Lipinski definition) is 2. The molecule has 2 heterocycles. The Labute approximate surface area is 149 Å². The summed E-state index contributed by atoms with van der Waals surface area (Å²) in [6, 6.07) is 16.0. The van der Waals surface area contributed by atoms with E-state index in [9.17, 15) is 9.59 Å². The zero-order chi connectivity index (χ0) is 18.1. The second-order valence-corrected chi connectivity index (χ2v) is 6.08. The van der Waals surface area contributed by atoms with E-state index in [0.717, 1.165) is 23.7 Å². The number of rotatable bonds is 3. The van der Waals surface area contributed by atoms with E-state index in [1.165, 1.54) is 6.07 Å². The van der Waals surface area contributed by atoms with Gasteiger partial charge < -0.3 is 15.0 Å². The van der Waals surface area contributed by atoms with Crippen LogP contribution in [0.4, 0.5) is 11.5 Å². The Morgan fingerprint density at radius 3 is 2.77 bits per heavy atom. The number of para-hydroxylation sites is 1. The molecule has 0 bridgehead atoms. The lowest BCUT2D eigenvalue weighted by Gasteiger charge is -2.27. The van der Waals surface area contributed by atoms with Gasteiger partial charge in [0.1, 0.15) is 18.2 Å². The van der Waals surface area contributed by atoms with Crippen LogP contribution in [0.5, 0.6) is 5.75 Å². The minimum atomic E-state index is -0.296. The second kappa shape index (κ2) is 6.44. The maximum atomic E-state index is 12.7. The lowest BCUT2D eigenvalue weighted by molar-refractivity contribution is 0.102. The van der Waals surface area contributed by atoms with Crippen LogP contribution in [0.1, 0.15) is 10.4 Å². The molecule has 1 aliphatic rings. The largest absolute Gasteiger partial charge is 0.490 e. The summed E-state index contributed by atoms with van der Waals surface area (Å²) in [5, 5.41) is 5.49. The molecule has 3 aromatic rings. The Morgan fingerprint density at radius 2 is 1.96 bits per heavy atom. The van der Waals surface area contributed by atoms with Crippen LogP contribution in [0, 0.1) is 0 Å². The molecule has 1 aliphatic heterocycles. The highest BCUT2D eigenvalue weighted by molar-refractivity contribution is 6.04. The Hall–Kier alpha value is -3.48. The van der Waals surface area contributed by atoms with Crippen molar-refractivity contribution in [2.75, 3.05) is 30.4 Å². The summed E-state index contributed by atoms with van der Waals surface area (Å²) < 4.78 is 7.15. The van der Waals surface area contributed by atoms with E-state index in [2.05, 4.69) is 10.4 Å². The van der Waals surface area contributed by atoms with Crippen LogP contribution >= 0.6 is 0 Å². The maximum absolute atomic E-state index is 12.7. The molecule has 2 N–H and O–H groups in total. The minimum absolute atomic E-state index is 0.289. The zero-order valence-corrected chi connectivity index (χ0v) is 14.2. The van der Waals surface area contributed by atoms with Gasteiger partial charge in [-0.3, -0.25) is 14.7 Å². The number of benzene rings is 2. The highest BCUT2D eigenvalue weighted by Crippen LogP contribution is 2.31. The predicted octanol–water partition coefficient (Wildman–Crippen LogP) is 2.25. The number of carbonyl (C=O) groups excluding carboxylic acids is 1. The van der Waals surface area contributed by atoms with Crippen molar-refractivity contribution in [2.45, 2.75) is 0 Å². The van der Waals surface area contributed by atoms with E-state index in [4.69, 9.17) is 4.74 Å². The van der Waals surface area contributed by atoms with Gasteiger partial charge in [0, 0.05) is 18.7 Å². The Bertz CT molecular complexity index is 1010. The van der Waals surface area contributed by atoms with E-state index >= 15 is 0 Å². The predicted molar refractivity (Wildman–Crippen MR) is 99.5 cm³/mol. The average Bonchev–Trinajstić information content (AvgIpc) is 3.02. The number of nitrogens with one attached hydrogen (secondary N) is 2. The fourth-order valence-corrected chi connectivity index (χ4v) is 2.94. The summed E-state index contributed by atoms with van der Waals surface area (Å²) in [7, 11) is 1.96. The number of fused-ring (bicyclic) bond motifs is 1. The van der Waals surface area contributed by atoms with Gasteiger partial charge in [-0.25, -0.2) is 4.68 Å². The number of anilines is 2. The van der Waals surface area contributed by atoms with Crippen molar-refractivity contribution in [3.63, 3.8) is 0 Å². The molecule has 0 saturated carbocycles. The first-order chi connectivity index (χ1) is 12.6. The Balaban J connectivity index is 1.64. The monoisotopic (exact) mass is 350 g/mol. The third-order valence-electron chi connectivity index (χ3n) is 4.30. The van der Waals surface area contributed by atoms with Gasteiger partial charge in [-0.15, -0.1) is 0 Å². The molecule has 4 rings (SSSR count). The fourth-order valence-electron chi connectivity index (χ4n) is 2.94. The molecule has 7 nitrogen and oxygen atoms in total. The van der Waals surface area contributed by atoms with E-state index in [0.29, 0.717) is 18.0 Å². The van der Waals surface area contributed by atoms with Crippen molar-refractivity contribution in [3.05, 3.63) is 70.5 Å². The lowest BCUT2D eigenvalue weighted by atomic mass is 10.1. The van der Waals surface area contributed by atoms with Gasteiger partial charge in [0.25, 0.3) is 11.5 Å². The van der Waals surface area contributed by atoms with E-state index < -0.39 is 0 Å². The van der Waals surface area contributed by atoms with Crippen molar-refractivity contribution < 1.29 is 9.53 Å². The van der Waals surface area contributed by atoms with E-state index in [1.807, 2.05) is 42.3 Å². The molecule has 7 heteroatoms. The third kappa shape index (κ3) is 2.95. The standard InChI is InChI=1S/C19H18N4O3/c1-22-9-10-26-16-8-7-13(11-15(16)22)19(25)20-17-12-18(24)21-23(17)14-5-3-2-4-6-14/h2-8,11-12H,9-10H2,1H3,(H,20,25)(H,21,24). The first-order valence-electron chi connectivity index (χ1n) is 8.28. The molecular formula is C19H18N4O3. The highest BCUT2D eigenvalue weighted by Gasteiger charge is 2.18. The van der Waals surface area contributed by atoms with Gasteiger partial charge in [-0.05, 0) is 30.3 Å². The number of aromatic amines is 1. The molecule has 2 aromatic carbocycles. The highest BCUT2D eigenvalue weighted by atomic mass is 16.5. The van der Waals surface area contributed by atoms with Crippen LogP contribution in [0.3, 0.4) is 0 Å². The zero-order valence-electron chi connectivity index (χ0n) is 14.2. The van der Waals surface area contributed by atoms with Crippen molar-refractivity contribution in [2.24, 2.45) is 0 Å². The first kappa shape index (κ1) is 16.0. The molecule has 0 saturated heterocycles. The van der Waals surface area contributed by atoms with E-state index in [-0.39, 0.29) is 11.5 Å². The van der Waals surface area contributed by atoms with Gasteiger partial charge in [0.2, 0.25) is 0 Å². The number of H-pyrrole nitrogens is 1. The van der Waals surface area contributed by atoms with Crippen LogP contribution in [0.2, 0.25) is 0 Å². The van der Waals surface area contributed by atoms with Gasteiger partial charge >= 0.3 is 0 Å². The van der Waals surface area contributed by atoms with Crippen LogP contribution in [-0.2, 0) is 0 Å². The lowest BCUT2D eigenvalue weighted by Crippen LogP contribution is -2.29. The summed E-state index contributed by atoms with van der Waals surface area (Å²) in [5.74, 6) is 0.849. The molecule has 0 unspecified atom stereocenters. The number of carbonyl (C=O) groups is 1. The molecule has 0 aliphatic carbocycles. The van der Waals surface area contributed by atoms with Crippen molar-refractivity contribution in [3.8, 4) is 11.4 Å². The van der Waals surface area contributed by atoms with Crippen molar-refractivity contribution in [1.82, 2.24) is 9.78 Å². The summed E-state index contributed by atoms with van der Waals surface area (Å²) in [5.41, 5.74) is 1.83. The second-order valence-electron chi connectivity index (χ2n) is 6.08. The normalized spacial score (nSPS) is 13.0. The number of likely N-dealkylation sites (N-methyl/N-ethyl adjacent to an activating group) is 1. The number of aromatic nitrogens is 2. The molecule has 1 aromatic heterocycles. The number of ether oxygens (including phenoxy) is 1. The molecule has 0 spiro atoms. The van der Waals surface area contributed by atoms with Crippen LogP contribution in [-0.4, -0.2) is 35.9 Å². The van der Waals surface area contributed by atoms with Crippen molar-refractivity contribution in [1.29, 1.82) is 0 Å². The Kier molecular flexibility index (Phi) is 3.96. The van der Waals surface area contributed by atoms with Gasteiger partial charge in [0.05, 0.1) is 17.9 Å². The molecule has 0 radical (unpaired) electrons. The number of amides is 1. The smallest absolute Gasteiger partial charge is 0.266 e. The maximum Gasteiger partial charge on any atom is 0.266 e.